The second-order valence-corrected chi connectivity index (χ2v) is 8.40. The van der Waals surface area contributed by atoms with E-state index in [9.17, 15) is 24.0 Å². The Kier molecular flexibility index (Phi) is 11.9. The van der Waals surface area contributed by atoms with Crippen LogP contribution in [-0.4, -0.2) is 78.1 Å². The Balaban J connectivity index is 2.13. The maximum absolute atomic E-state index is 13.3. The van der Waals surface area contributed by atoms with Crippen molar-refractivity contribution in [2.45, 2.75) is 63.7 Å². The van der Waals surface area contributed by atoms with Gasteiger partial charge in [-0.2, -0.15) is 0 Å². The van der Waals surface area contributed by atoms with E-state index in [1.54, 1.807) is 0 Å². The van der Waals surface area contributed by atoms with Crippen molar-refractivity contribution < 1.29 is 43.3 Å². The topological polar surface area (TPSA) is 137 Å². The summed E-state index contributed by atoms with van der Waals surface area (Å²) in [5, 5.41) is 8.79. The maximum Gasteiger partial charge on any atom is 0.417 e. The Bertz CT molecular complexity index is 944. The number of allylic oxidation sites excluding steroid dienone is 1. The average Bonchev–Trinajstić information content (AvgIpc) is 3.22. The van der Waals surface area contributed by atoms with Gasteiger partial charge in [0.1, 0.15) is 6.61 Å². The molecule has 1 aliphatic heterocycles. The first kappa shape index (κ1) is 28.9. The molecule has 0 aliphatic carbocycles. The van der Waals surface area contributed by atoms with Crippen LogP contribution in [0.15, 0.2) is 42.5 Å². The molecule has 1 aliphatic rings. The summed E-state index contributed by atoms with van der Waals surface area (Å²) in [6.45, 7) is 1.14. The van der Waals surface area contributed by atoms with Crippen molar-refractivity contribution in [2.24, 2.45) is 0 Å². The number of nitrogens with zero attached hydrogens (tertiary/aromatic N) is 1. The molecule has 0 bridgehead atoms. The first-order valence-corrected chi connectivity index (χ1v) is 11.9. The molecule has 36 heavy (non-hydrogen) atoms. The molecule has 2 amide bonds. The van der Waals surface area contributed by atoms with E-state index < -0.39 is 42.0 Å². The largest absolute Gasteiger partial charge is 0.451 e. The van der Waals surface area contributed by atoms with Crippen LogP contribution in [0.2, 0.25) is 0 Å². The maximum atomic E-state index is 13.3. The summed E-state index contributed by atoms with van der Waals surface area (Å²) in [5.74, 6) is -2.85. The third-order valence-corrected chi connectivity index (χ3v) is 5.62. The SMILES string of the molecule is CO[C@@H](C(=O)N1C(=O)OC[C@H]1Cc1ccccc1)[C@@H](OC(C)=O)C(=O)C=CC(=O)CCCCCCO. The van der Waals surface area contributed by atoms with Crippen molar-refractivity contribution >= 4 is 29.5 Å². The van der Waals surface area contributed by atoms with Crippen LogP contribution in [0.3, 0.4) is 0 Å². The number of benzene rings is 1. The molecular formula is C26H33NO9. The zero-order valence-electron chi connectivity index (χ0n) is 20.6. The first-order valence-electron chi connectivity index (χ1n) is 11.9. The second kappa shape index (κ2) is 14.9. The molecule has 1 N–H and O–H groups in total. The predicted octanol–water partition coefficient (Wildman–Crippen LogP) is 2.16. The molecule has 0 radical (unpaired) electrons. The molecule has 196 valence electrons. The van der Waals surface area contributed by atoms with Gasteiger partial charge in [0.05, 0.1) is 6.04 Å². The van der Waals surface area contributed by atoms with Gasteiger partial charge in [-0.25, -0.2) is 9.69 Å². The van der Waals surface area contributed by atoms with Gasteiger partial charge in [0.2, 0.25) is 0 Å². The number of imide groups is 1. The molecule has 3 atom stereocenters. The molecule has 1 aromatic rings. The molecule has 0 aromatic heterocycles. The van der Waals surface area contributed by atoms with Crippen LogP contribution < -0.4 is 0 Å². The average molecular weight is 504 g/mol. The van der Waals surface area contributed by atoms with Crippen molar-refractivity contribution in [1.82, 2.24) is 4.90 Å². The van der Waals surface area contributed by atoms with Crippen LogP contribution in [-0.2, 0) is 39.8 Å². The highest BCUT2D eigenvalue weighted by atomic mass is 16.6. The third-order valence-electron chi connectivity index (χ3n) is 5.62. The fourth-order valence-corrected chi connectivity index (χ4v) is 3.82. The van der Waals surface area contributed by atoms with Gasteiger partial charge >= 0.3 is 12.1 Å². The van der Waals surface area contributed by atoms with Crippen LogP contribution in [0, 0.1) is 0 Å². The summed E-state index contributed by atoms with van der Waals surface area (Å²) >= 11 is 0. The van der Waals surface area contributed by atoms with Gasteiger partial charge < -0.3 is 19.3 Å². The number of methoxy groups -OCH3 is 1. The van der Waals surface area contributed by atoms with Crippen molar-refractivity contribution in [3.05, 3.63) is 48.0 Å². The molecule has 1 fully saturated rings. The number of cyclic esters (lactones) is 1. The van der Waals surface area contributed by atoms with E-state index in [0.717, 1.165) is 49.5 Å². The Morgan fingerprint density at radius 1 is 1.08 bits per heavy atom. The van der Waals surface area contributed by atoms with Crippen molar-refractivity contribution in [2.75, 3.05) is 20.3 Å². The van der Waals surface area contributed by atoms with E-state index in [4.69, 9.17) is 19.3 Å². The minimum absolute atomic E-state index is 0.0329. The third kappa shape index (κ3) is 8.69. The number of rotatable bonds is 15. The number of ether oxygens (including phenoxy) is 3. The summed E-state index contributed by atoms with van der Waals surface area (Å²) < 4.78 is 15.4. The van der Waals surface area contributed by atoms with E-state index in [1.807, 2.05) is 30.3 Å². The van der Waals surface area contributed by atoms with Gasteiger partial charge in [-0.05, 0) is 37.0 Å². The zero-order valence-corrected chi connectivity index (χ0v) is 20.6. The number of hydrogen-bond donors (Lipinski definition) is 1. The van der Waals surface area contributed by atoms with E-state index in [0.29, 0.717) is 19.3 Å². The number of hydrogen-bond acceptors (Lipinski definition) is 9. The molecule has 10 nitrogen and oxygen atoms in total. The normalized spacial score (nSPS) is 17.0. The molecule has 0 spiro atoms. The molecule has 1 saturated heterocycles. The summed E-state index contributed by atoms with van der Waals surface area (Å²) in [4.78, 5) is 63.3. The number of ketones is 2. The van der Waals surface area contributed by atoms with Gasteiger partial charge in [-0.1, -0.05) is 43.2 Å². The quantitative estimate of drug-likeness (QED) is 0.217. The van der Waals surface area contributed by atoms with Crippen LogP contribution in [0.4, 0.5) is 4.79 Å². The lowest BCUT2D eigenvalue weighted by atomic mass is 10.0. The minimum Gasteiger partial charge on any atom is -0.451 e. The lowest BCUT2D eigenvalue weighted by molar-refractivity contribution is -0.166. The predicted molar refractivity (Wildman–Crippen MR) is 128 cm³/mol. The standard InChI is InChI=1S/C26H33NO9/c1-18(29)36-23(22(31)14-13-21(30)12-8-3-4-9-15-28)24(34-2)25(32)27-20(17-35-26(27)33)16-19-10-6-5-7-11-19/h5-7,10-11,13-14,20,23-24,28H,3-4,8-9,12,15-17H2,1-2H3/t20-,23+,24-/m1/s1. The highest BCUT2D eigenvalue weighted by Gasteiger charge is 2.45. The van der Waals surface area contributed by atoms with E-state index >= 15 is 0 Å². The summed E-state index contributed by atoms with van der Waals surface area (Å²) in [6, 6.07) is 8.55. The fourth-order valence-electron chi connectivity index (χ4n) is 3.82. The van der Waals surface area contributed by atoms with E-state index in [2.05, 4.69) is 0 Å². The van der Waals surface area contributed by atoms with Gasteiger partial charge in [-0.15, -0.1) is 0 Å². The smallest absolute Gasteiger partial charge is 0.417 e. The lowest BCUT2D eigenvalue weighted by Gasteiger charge is -2.27. The second-order valence-electron chi connectivity index (χ2n) is 8.40. The summed E-state index contributed by atoms with van der Waals surface area (Å²) in [6.07, 6.45) is 1.18. The Morgan fingerprint density at radius 3 is 2.42 bits per heavy atom. The molecular weight excluding hydrogens is 470 g/mol. The number of unbranched alkanes of at least 4 members (excludes halogenated alkanes) is 3. The van der Waals surface area contributed by atoms with Gasteiger partial charge in [0.25, 0.3) is 5.91 Å². The lowest BCUT2D eigenvalue weighted by Crippen LogP contribution is -2.53. The van der Waals surface area contributed by atoms with Gasteiger partial charge in [0.15, 0.2) is 23.8 Å². The molecule has 1 heterocycles. The number of carbonyl (C=O) groups is 5. The number of aliphatic hydroxyl groups excluding tert-OH is 1. The number of esters is 1. The molecule has 2 rings (SSSR count). The van der Waals surface area contributed by atoms with E-state index in [-0.39, 0.29) is 25.4 Å². The highest BCUT2D eigenvalue weighted by Crippen LogP contribution is 2.21. The first-order chi connectivity index (χ1) is 17.3. The molecule has 10 heteroatoms. The van der Waals surface area contributed by atoms with Crippen LogP contribution in [0.1, 0.15) is 44.6 Å². The Morgan fingerprint density at radius 2 is 1.78 bits per heavy atom. The summed E-state index contributed by atoms with van der Waals surface area (Å²) in [5.41, 5.74) is 0.873. The fraction of sp³-hybridized carbons (Fsp3) is 0.500. The number of aliphatic hydroxyl groups is 1. The van der Waals surface area contributed by atoms with Crippen LogP contribution in [0.5, 0.6) is 0 Å². The van der Waals surface area contributed by atoms with Crippen LogP contribution >= 0.6 is 0 Å². The summed E-state index contributed by atoms with van der Waals surface area (Å²) in [7, 11) is 1.15. The molecule has 0 saturated carbocycles. The Hall–Kier alpha value is -3.37. The molecule has 1 aromatic carbocycles. The van der Waals surface area contributed by atoms with Gasteiger partial charge in [0, 0.05) is 27.1 Å². The van der Waals surface area contributed by atoms with E-state index in [1.165, 1.54) is 0 Å². The monoisotopic (exact) mass is 503 g/mol. The van der Waals surface area contributed by atoms with Crippen LogP contribution in [0.25, 0.3) is 0 Å². The number of amides is 2. The molecule has 0 unspecified atom stereocenters. The Labute approximate surface area is 210 Å². The number of carbonyl (C=O) groups excluding carboxylic acids is 5. The van der Waals surface area contributed by atoms with Crippen molar-refractivity contribution in [1.29, 1.82) is 0 Å². The highest BCUT2D eigenvalue weighted by molar-refractivity contribution is 6.05. The van der Waals surface area contributed by atoms with Crippen molar-refractivity contribution in [3.63, 3.8) is 0 Å². The zero-order chi connectivity index (χ0) is 26.5. The van der Waals surface area contributed by atoms with Gasteiger partial charge in [-0.3, -0.25) is 19.2 Å². The van der Waals surface area contributed by atoms with Crippen molar-refractivity contribution in [3.8, 4) is 0 Å². The minimum atomic E-state index is -1.70.